The molecule has 0 amide bonds. The van der Waals surface area contributed by atoms with Crippen LogP contribution < -0.4 is 26.4 Å². The third-order valence-corrected chi connectivity index (χ3v) is 4.68. The van der Waals surface area contributed by atoms with Crippen molar-refractivity contribution in [2.24, 2.45) is 5.73 Å². The summed E-state index contributed by atoms with van der Waals surface area (Å²) in [7, 11) is 0. The van der Waals surface area contributed by atoms with Crippen LogP contribution in [0.25, 0.3) is 11.0 Å². The monoisotopic (exact) mass is 377 g/mol. The van der Waals surface area contributed by atoms with Crippen LogP contribution in [0.3, 0.4) is 0 Å². The molecule has 2 atom stereocenters. The van der Waals surface area contributed by atoms with Gasteiger partial charge in [-0.1, -0.05) is 0 Å². The third-order valence-electron chi connectivity index (χ3n) is 4.68. The predicted octanol–water partition coefficient (Wildman–Crippen LogP) is 1.64. The number of alkyl halides is 1. The molecule has 1 aliphatic rings. The maximum Gasteiger partial charge on any atom is 0.232 e. The molecule has 8 nitrogen and oxygen atoms in total. The Morgan fingerprint density at radius 3 is 3.04 bits per heavy atom. The number of rotatable bonds is 8. The van der Waals surface area contributed by atoms with E-state index in [1.807, 2.05) is 19.9 Å². The van der Waals surface area contributed by atoms with Gasteiger partial charge in [-0.15, -0.1) is 0 Å². The topological polar surface area (TPSA) is 113 Å². The summed E-state index contributed by atoms with van der Waals surface area (Å²) in [6, 6.07) is 2.00. The molecule has 0 aliphatic carbocycles. The molecule has 3 heterocycles. The fraction of sp³-hybridized carbons (Fsp3) is 0.556. The molecule has 27 heavy (non-hydrogen) atoms. The molecule has 3 rings (SSSR count). The van der Waals surface area contributed by atoms with Crippen LogP contribution in [-0.4, -0.2) is 53.4 Å². The Labute approximate surface area is 158 Å². The number of nitrogens with zero attached hydrogens (tertiary/aromatic N) is 2. The summed E-state index contributed by atoms with van der Waals surface area (Å²) in [5.74, 6) is 0.944. The van der Waals surface area contributed by atoms with Gasteiger partial charge in [-0.05, 0) is 39.3 Å². The summed E-state index contributed by atoms with van der Waals surface area (Å²) >= 11 is 0. The van der Waals surface area contributed by atoms with E-state index >= 15 is 0 Å². The van der Waals surface area contributed by atoms with Gasteiger partial charge in [-0.25, -0.2) is 4.39 Å². The first kappa shape index (κ1) is 19.4. The van der Waals surface area contributed by atoms with Gasteiger partial charge in [-0.2, -0.15) is 9.97 Å². The Bertz CT molecular complexity index is 791. The van der Waals surface area contributed by atoms with E-state index in [0.29, 0.717) is 30.6 Å². The molecule has 6 N–H and O–H groups in total. The first-order chi connectivity index (χ1) is 13.1. The number of nitrogens with one attached hydrogen (secondary N) is 4. The van der Waals surface area contributed by atoms with Crippen molar-refractivity contribution in [1.82, 2.24) is 25.6 Å². The highest BCUT2D eigenvalue weighted by atomic mass is 19.1. The molecule has 0 spiro atoms. The number of anilines is 1. The number of H-pyrrole nitrogens is 1. The summed E-state index contributed by atoms with van der Waals surface area (Å²) in [4.78, 5) is 12.0. The average Bonchev–Trinajstić information content (AvgIpc) is 3.15. The molecule has 0 radical (unpaired) electrons. The van der Waals surface area contributed by atoms with E-state index in [1.54, 1.807) is 6.20 Å². The zero-order chi connectivity index (χ0) is 19.2. The predicted molar refractivity (Wildman–Crippen MR) is 104 cm³/mol. The lowest BCUT2D eigenvalue weighted by Gasteiger charge is -2.31. The lowest BCUT2D eigenvalue weighted by molar-refractivity contribution is 0.281. The molecule has 2 aromatic heterocycles. The Hall–Kier alpha value is -2.39. The second-order valence-corrected chi connectivity index (χ2v) is 6.63. The number of allylic oxidation sites excluding steroid dienone is 1. The van der Waals surface area contributed by atoms with Crippen molar-refractivity contribution in [3.05, 3.63) is 23.7 Å². The van der Waals surface area contributed by atoms with Gasteiger partial charge in [0, 0.05) is 30.5 Å². The summed E-state index contributed by atoms with van der Waals surface area (Å²) in [5, 5.41) is 10.7. The summed E-state index contributed by atoms with van der Waals surface area (Å²) < 4.78 is 18.6. The molecule has 1 saturated heterocycles. The van der Waals surface area contributed by atoms with E-state index in [4.69, 9.17) is 10.5 Å². The second kappa shape index (κ2) is 9.01. The number of aromatic nitrogens is 3. The quantitative estimate of drug-likeness (QED) is 0.475. The summed E-state index contributed by atoms with van der Waals surface area (Å²) in [6.07, 6.45) is 3.48. The highest BCUT2D eigenvalue weighted by Gasteiger charge is 2.21. The van der Waals surface area contributed by atoms with E-state index in [2.05, 4.69) is 30.9 Å². The van der Waals surface area contributed by atoms with E-state index in [0.717, 1.165) is 36.2 Å². The molecule has 0 bridgehead atoms. The number of halogens is 1. The fourth-order valence-electron chi connectivity index (χ4n) is 3.30. The van der Waals surface area contributed by atoms with Gasteiger partial charge < -0.3 is 31.4 Å². The van der Waals surface area contributed by atoms with Crippen LogP contribution in [0.2, 0.25) is 0 Å². The van der Waals surface area contributed by atoms with Crippen LogP contribution in [0.15, 0.2) is 23.7 Å². The van der Waals surface area contributed by atoms with Crippen LogP contribution in [0.1, 0.15) is 26.7 Å². The molecule has 2 aromatic rings. The van der Waals surface area contributed by atoms with Crippen LogP contribution >= 0.6 is 0 Å². The fourth-order valence-corrected chi connectivity index (χ4v) is 3.30. The van der Waals surface area contributed by atoms with E-state index in [1.165, 1.54) is 0 Å². The Morgan fingerprint density at radius 1 is 1.44 bits per heavy atom. The molecular weight excluding hydrogens is 349 g/mol. The van der Waals surface area contributed by atoms with Crippen LogP contribution in [-0.2, 0) is 0 Å². The molecule has 0 aromatic carbocycles. The molecule has 2 unspecified atom stereocenters. The SMILES string of the molecule is CCOc1nc(N/C(CN)=C(\C)NC2CCNC(CF)C2)nc2[nH]ccc12. The smallest absolute Gasteiger partial charge is 0.232 e. The molecule has 0 saturated carbocycles. The Balaban J connectivity index is 1.77. The van der Waals surface area contributed by atoms with Crippen molar-refractivity contribution < 1.29 is 9.13 Å². The third kappa shape index (κ3) is 4.67. The molecule has 1 fully saturated rings. The van der Waals surface area contributed by atoms with Gasteiger partial charge in [0.2, 0.25) is 11.8 Å². The summed E-state index contributed by atoms with van der Waals surface area (Å²) in [5.41, 5.74) is 8.34. The van der Waals surface area contributed by atoms with Crippen LogP contribution in [0.4, 0.5) is 10.3 Å². The largest absolute Gasteiger partial charge is 0.477 e. The maximum atomic E-state index is 12.9. The highest BCUT2D eigenvalue weighted by Crippen LogP contribution is 2.24. The van der Waals surface area contributed by atoms with Crippen molar-refractivity contribution in [2.45, 2.75) is 38.8 Å². The minimum absolute atomic E-state index is 0.0919. The van der Waals surface area contributed by atoms with Crippen molar-refractivity contribution in [2.75, 3.05) is 31.7 Å². The average molecular weight is 377 g/mol. The number of nitrogens with two attached hydrogens (primary N) is 1. The lowest BCUT2D eigenvalue weighted by Crippen LogP contribution is -2.46. The lowest BCUT2D eigenvalue weighted by atomic mass is 10.00. The van der Waals surface area contributed by atoms with Crippen molar-refractivity contribution >= 4 is 17.0 Å². The van der Waals surface area contributed by atoms with Gasteiger partial charge in [0.05, 0.1) is 17.7 Å². The second-order valence-electron chi connectivity index (χ2n) is 6.63. The number of aromatic amines is 1. The minimum atomic E-state index is -0.354. The number of hydrogen-bond donors (Lipinski definition) is 5. The van der Waals surface area contributed by atoms with Crippen molar-refractivity contribution in [3.8, 4) is 5.88 Å². The molecule has 9 heteroatoms. The van der Waals surface area contributed by atoms with Gasteiger partial charge in [0.1, 0.15) is 12.3 Å². The highest BCUT2D eigenvalue weighted by molar-refractivity contribution is 5.82. The number of fused-ring (bicyclic) bond motifs is 1. The van der Waals surface area contributed by atoms with Gasteiger partial charge in [-0.3, -0.25) is 0 Å². The van der Waals surface area contributed by atoms with Crippen molar-refractivity contribution in [3.63, 3.8) is 0 Å². The number of ether oxygens (including phenoxy) is 1. The first-order valence-corrected chi connectivity index (χ1v) is 9.35. The first-order valence-electron chi connectivity index (χ1n) is 9.35. The summed E-state index contributed by atoms with van der Waals surface area (Å²) in [6.45, 7) is 5.13. The number of hydrogen-bond acceptors (Lipinski definition) is 7. The van der Waals surface area contributed by atoms with Crippen molar-refractivity contribution in [1.29, 1.82) is 0 Å². The Kier molecular flexibility index (Phi) is 6.46. The maximum absolute atomic E-state index is 12.9. The minimum Gasteiger partial charge on any atom is -0.477 e. The zero-order valence-corrected chi connectivity index (χ0v) is 15.8. The van der Waals surface area contributed by atoms with Gasteiger partial charge in [0.25, 0.3) is 0 Å². The van der Waals surface area contributed by atoms with Crippen LogP contribution in [0, 0.1) is 0 Å². The van der Waals surface area contributed by atoms with Gasteiger partial charge in [0.15, 0.2) is 0 Å². The van der Waals surface area contributed by atoms with Crippen LogP contribution in [0.5, 0.6) is 5.88 Å². The Morgan fingerprint density at radius 2 is 2.30 bits per heavy atom. The standard InChI is InChI=1S/C18H28FN7O/c1-3-27-17-14-5-7-22-16(14)25-18(26-17)24-15(10-20)11(2)23-12-4-6-21-13(8-12)9-19/h5,7,12-13,21,23H,3-4,6,8-10,20H2,1-2H3,(H2,22,24,25,26)/b15-11+. The van der Waals surface area contributed by atoms with E-state index in [-0.39, 0.29) is 18.8 Å². The molecular formula is C18H28FN7O. The van der Waals surface area contributed by atoms with E-state index < -0.39 is 0 Å². The zero-order valence-electron chi connectivity index (χ0n) is 15.8. The molecule has 1 aliphatic heterocycles. The molecule has 148 valence electrons. The number of piperidine rings is 1. The van der Waals surface area contributed by atoms with Gasteiger partial charge >= 0.3 is 0 Å². The normalized spacial score (nSPS) is 21.0. The van der Waals surface area contributed by atoms with E-state index in [9.17, 15) is 4.39 Å².